The molecule has 1 aromatic carbocycles. The molecule has 0 bridgehead atoms. The zero-order valence-corrected chi connectivity index (χ0v) is 12.5. The highest BCUT2D eigenvalue weighted by Crippen LogP contribution is 2.21. The Balaban J connectivity index is 2.13. The van der Waals surface area contributed by atoms with Crippen LogP contribution in [0.15, 0.2) is 29.2 Å². The monoisotopic (exact) mass is 297 g/mol. The van der Waals surface area contributed by atoms with E-state index < -0.39 is 10.0 Å². The summed E-state index contributed by atoms with van der Waals surface area (Å²) in [6, 6.07) is 6.64. The van der Waals surface area contributed by atoms with Crippen LogP contribution in [0.2, 0.25) is 0 Å². The average Bonchev–Trinajstić information content (AvgIpc) is 2.41. The van der Waals surface area contributed by atoms with Crippen LogP contribution in [0.3, 0.4) is 0 Å². The first kappa shape index (κ1) is 15.5. The summed E-state index contributed by atoms with van der Waals surface area (Å²) in [7, 11) is -3.54. The topological polar surface area (TPSA) is 66.4 Å². The van der Waals surface area contributed by atoms with E-state index in [2.05, 4.69) is 4.72 Å². The fourth-order valence-corrected chi connectivity index (χ4v) is 4.29. The van der Waals surface area contributed by atoms with Crippen molar-refractivity contribution in [2.45, 2.75) is 62.5 Å². The molecule has 2 N–H and O–H groups in total. The molecular weight excluding hydrogens is 274 g/mol. The van der Waals surface area contributed by atoms with Gasteiger partial charge in [-0.05, 0) is 24.5 Å². The Morgan fingerprint density at radius 1 is 1.05 bits per heavy atom. The van der Waals surface area contributed by atoms with Gasteiger partial charge in [-0.25, -0.2) is 13.1 Å². The van der Waals surface area contributed by atoms with Crippen LogP contribution in [-0.4, -0.2) is 19.6 Å². The highest BCUT2D eigenvalue weighted by molar-refractivity contribution is 7.89. The van der Waals surface area contributed by atoms with Gasteiger partial charge in [-0.1, -0.05) is 50.3 Å². The zero-order chi connectivity index (χ0) is 14.4. The molecule has 0 spiro atoms. The van der Waals surface area contributed by atoms with Crippen LogP contribution >= 0.6 is 0 Å². The van der Waals surface area contributed by atoms with E-state index in [-0.39, 0.29) is 17.5 Å². The Morgan fingerprint density at radius 2 is 1.65 bits per heavy atom. The molecule has 0 atom stereocenters. The van der Waals surface area contributed by atoms with Crippen molar-refractivity contribution in [1.82, 2.24) is 4.72 Å². The molecule has 0 heterocycles. The molecule has 2 rings (SSSR count). The van der Waals surface area contributed by atoms with E-state index in [1.54, 1.807) is 24.3 Å². The molecule has 1 aromatic rings. The van der Waals surface area contributed by atoms with Crippen molar-refractivity contribution >= 4 is 10.0 Å². The van der Waals surface area contributed by atoms with Gasteiger partial charge in [-0.15, -0.1) is 0 Å². The first-order valence-electron chi connectivity index (χ1n) is 7.34. The third kappa shape index (κ3) is 4.04. The fourth-order valence-electron chi connectivity index (χ4n) is 2.75. The van der Waals surface area contributed by atoms with Crippen molar-refractivity contribution in [2.75, 3.05) is 0 Å². The maximum Gasteiger partial charge on any atom is 0.241 e. The highest BCUT2D eigenvalue weighted by atomic mass is 32.2. The summed E-state index contributed by atoms with van der Waals surface area (Å²) < 4.78 is 27.7. The first-order valence-corrected chi connectivity index (χ1v) is 8.83. The summed E-state index contributed by atoms with van der Waals surface area (Å²) in [5.41, 5.74) is 0.450. The second-order valence-electron chi connectivity index (χ2n) is 5.43. The Labute approximate surface area is 121 Å². The predicted octanol–water partition coefficient (Wildman–Crippen LogP) is 2.57. The van der Waals surface area contributed by atoms with Crippen molar-refractivity contribution in [3.05, 3.63) is 29.8 Å². The predicted molar refractivity (Wildman–Crippen MR) is 78.8 cm³/mol. The minimum absolute atomic E-state index is 0.0204. The molecule has 0 saturated heterocycles. The quantitative estimate of drug-likeness (QED) is 0.897. The molecule has 0 amide bonds. The summed E-state index contributed by atoms with van der Waals surface area (Å²) in [4.78, 5) is 0.199. The number of hydrogen-bond donors (Lipinski definition) is 2. The van der Waals surface area contributed by atoms with Gasteiger partial charge in [0.15, 0.2) is 0 Å². The van der Waals surface area contributed by atoms with Gasteiger partial charge in [0.25, 0.3) is 0 Å². The number of sulfonamides is 1. The third-order valence-electron chi connectivity index (χ3n) is 3.86. The van der Waals surface area contributed by atoms with Crippen LogP contribution in [0.25, 0.3) is 0 Å². The third-order valence-corrected chi connectivity index (χ3v) is 5.48. The molecule has 20 heavy (non-hydrogen) atoms. The van der Waals surface area contributed by atoms with Gasteiger partial charge in [-0.3, -0.25) is 0 Å². The molecule has 0 radical (unpaired) electrons. The lowest BCUT2D eigenvalue weighted by Crippen LogP contribution is -2.35. The number of aliphatic hydroxyl groups excluding tert-OH is 1. The summed E-state index contributed by atoms with van der Waals surface area (Å²) in [6.07, 6.45) is 7.59. The maximum atomic E-state index is 12.5. The van der Waals surface area contributed by atoms with Gasteiger partial charge in [0.1, 0.15) is 0 Å². The molecule has 1 aliphatic carbocycles. The van der Waals surface area contributed by atoms with Crippen molar-refractivity contribution in [3.63, 3.8) is 0 Å². The van der Waals surface area contributed by atoms with Crippen molar-refractivity contribution in [2.24, 2.45) is 0 Å². The smallest absolute Gasteiger partial charge is 0.241 e. The summed E-state index contributed by atoms with van der Waals surface area (Å²) in [6.45, 7) is -0.262. The number of benzene rings is 1. The van der Waals surface area contributed by atoms with E-state index in [1.807, 2.05) is 0 Å². The van der Waals surface area contributed by atoms with Crippen molar-refractivity contribution < 1.29 is 13.5 Å². The first-order chi connectivity index (χ1) is 9.63. The van der Waals surface area contributed by atoms with E-state index >= 15 is 0 Å². The lowest BCUT2D eigenvalue weighted by Gasteiger charge is -2.21. The highest BCUT2D eigenvalue weighted by Gasteiger charge is 2.22. The molecule has 0 aliphatic heterocycles. The molecular formula is C15H23NO3S. The molecule has 0 aromatic heterocycles. The van der Waals surface area contributed by atoms with E-state index in [0.717, 1.165) is 25.7 Å². The maximum absolute atomic E-state index is 12.5. The zero-order valence-electron chi connectivity index (χ0n) is 11.7. The van der Waals surface area contributed by atoms with Crippen LogP contribution < -0.4 is 4.72 Å². The van der Waals surface area contributed by atoms with E-state index in [1.165, 1.54) is 19.3 Å². The number of hydrogen-bond acceptors (Lipinski definition) is 3. The van der Waals surface area contributed by atoms with Crippen molar-refractivity contribution in [1.29, 1.82) is 0 Å². The van der Waals surface area contributed by atoms with E-state index in [0.29, 0.717) is 5.56 Å². The summed E-state index contributed by atoms with van der Waals surface area (Å²) in [5.74, 6) is 0. The van der Waals surface area contributed by atoms with Crippen LogP contribution in [0.4, 0.5) is 0 Å². The summed E-state index contributed by atoms with van der Waals surface area (Å²) >= 11 is 0. The Kier molecular flexibility index (Phi) is 5.57. The second kappa shape index (κ2) is 7.20. The van der Waals surface area contributed by atoms with Crippen LogP contribution in [-0.2, 0) is 16.6 Å². The molecule has 0 unspecified atom stereocenters. The molecule has 1 aliphatic rings. The SMILES string of the molecule is O=S(=O)(NC1CCCCCCC1)c1ccccc1CO. The lowest BCUT2D eigenvalue weighted by atomic mass is 9.97. The lowest BCUT2D eigenvalue weighted by molar-refractivity contribution is 0.278. The Morgan fingerprint density at radius 3 is 2.30 bits per heavy atom. The van der Waals surface area contributed by atoms with Crippen LogP contribution in [0.5, 0.6) is 0 Å². The normalized spacial score (nSPS) is 18.4. The molecule has 1 fully saturated rings. The van der Waals surface area contributed by atoms with Gasteiger partial charge < -0.3 is 5.11 Å². The van der Waals surface area contributed by atoms with Gasteiger partial charge in [-0.2, -0.15) is 0 Å². The molecule has 112 valence electrons. The standard InChI is InChI=1S/C15H23NO3S/c17-12-13-8-6-7-11-15(13)20(18,19)16-14-9-4-2-1-3-5-10-14/h6-8,11,14,16-17H,1-5,9-10,12H2. The van der Waals surface area contributed by atoms with E-state index in [4.69, 9.17) is 0 Å². The molecule has 1 saturated carbocycles. The van der Waals surface area contributed by atoms with Gasteiger partial charge in [0.2, 0.25) is 10.0 Å². The second-order valence-corrected chi connectivity index (χ2v) is 7.11. The molecule has 5 heteroatoms. The number of rotatable bonds is 4. The fraction of sp³-hybridized carbons (Fsp3) is 0.600. The minimum atomic E-state index is -3.54. The number of aliphatic hydroxyl groups is 1. The summed E-state index contributed by atoms with van der Waals surface area (Å²) in [5, 5.41) is 9.28. The number of nitrogens with one attached hydrogen (secondary N) is 1. The van der Waals surface area contributed by atoms with Crippen LogP contribution in [0.1, 0.15) is 50.5 Å². The van der Waals surface area contributed by atoms with Gasteiger partial charge >= 0.3 is 0 Å². The Bertz CT molecular complexity index is 520. The van der Waals surface area contributed by atoms with Crippen LogP contribution in [0, 0.1) is 0 Å². The van der Waals surface area contributed by atoms with Gasteiger partial charge in [0.05, 0.1) is 11.5 Å². The average molecular weight is 297 g/mol. The largest absolute Gasteiger partial charge is 0.392 e. The van der Waals surface area contributed by atoms with Gasteiger partial charge in [0, 0.05) is 6.04 Å². The Hall–Kier alpha value is -0.910. The van der Waals surface area contributed by atoms with Crippen molar-refractivity contribution in [3.8, 4) is 0 Å². The molecule has 4 nitrogen and oxygen atoms in total. The van der Waals surface area contributed by atoms with E-state index in [9.17, 15) is 13.5 Å². The minimum Gasteiger partial charge on any atom is -0.392 e.